The summed E-state index contributed by atoms with van der Waals surface area (Å²) < 4.78 is 5.33. The Balaban J connectivity index is 2.74. The van der Waals surface area contributed by atoms with Gasteiger partial charge in [0, 0.05) is 19.2 Å². The summed E-state index contributed by atoms with van der Waals surface area (Å²) >= 11 is 0. The number of amides is 1. The number of rotatable bonds is 7. The van der Waals surface area contributed by atoms with Crippen molar-refractivity contribution in [3.05, 3.63) is 23.7 Å². The number of hydrogen-bond acceptors (Lipinski definition) is 5. The molecule has 6 heteroatoms. The first kappa shape index (κ1) is 14.7. The van der Waals surface area contributed by atoms with Gasteiger partial charge in [-0.25, -0.2) is 5.84 Å². The molecule has 0 unspecified atom stereocenters. The van der Waals surface area contributed by atoms with Gasteiger partial charge in [-0.05, 0) is 26.3 Å². The average molecular weight is 255 g/mol. The second-order valence-electron chi connectivity index (χ2n) is 4.37. The van der Waals surface area contributed by atoms with E-state index in [1.54, 1.807) is 6.07 Å². The Labute approximate surface area is 107 Å². The van der Waals surface area contributed by atoms with E-state index in [4.69, 9.17) is 15.4 Å². The highest BCUT2D eigenvalue weighted by atomic mass is 16.3. The molecule has 0 radical (unpaired) electrons. The summed E-state index contributed by atoms with van der Waals surface area (Å²) in [5, 5.41) is 8.87. The number of nitrogens with one attached hydrogen (secondary N) is 1. The summed E-state index contributed by atoms with van der Waals surface area (Å²) in [5.41, 5.74) is 2.55. The standard InChI is InChI=1S/C12H21N3O3/c1-9(2)15(5-3-6-16)8-11-10(4-7-18-11)12(17)14-13/h4,7,9,16H,3,5-6,8,13H2,1-2H3,(H,14,17). The van der Waals surface area contributed by atoms with Crippen molar-refractivity contribution in [1.29, 1.82) is 0 Å². The van der Waals surface area contributed by atoms with Crippen LogP contribution in [0.4, 0.5) is 0 Å². The van der Waals surface area contributed by atoms with Crippen LogP contribution in [0.3, 0.4) is 0 Å². The Hall–Kier alpha value is -1.37. The molecule has 0 aromatic carbocycles. The Morgan fingerprint density at radius 1 is 1.61 bits per heavy atom. The number of aliphatic hydroxyl groups excluding tert-OH is 1. The van der Waals surface area contributed by atoms with Gasteiger partial charge < -0.3 is 9.52 Å². The fourth-order valence-corrected chi connectivity index (χ4v) is 1.72. The molecule has 0 spiro atoms. The molecule has 1 heterocycles. The maximum atomic E-state index is 11.5. The number of furan rings is 1. The van der Waals surface area contributed by atoms with E-state index in [-0.39, 0.29) is 12.5 Å². The zero-order chi connectivity index (χ0) is 13.5. The van der Waals surface area contributed by atoms with Crippen LogP contribution in [0.5, 0.6) is 0 Å². The van der Waals surface area contributed by atoms with Gasteiger partial charge in [0.05, 0.1) is 18.4 Å². The molecule has 1 rings (SSSR count). The second kappa shape index (κ2) is 7.15. The first-order valence-electron chi connectivity index (χ1n) is 6.02. The normalized spacial score (nSPS) is 11.2. The van der Waals surface area contributed by atoms with E-state index in [1.807, 2.05) is 0 Å². The first-order valence-corrected chi connectivity index (χ1v) is 6.02. The van der Waals surface area contributed by atoms with E-state index >= 15 is 0 Å². The first-order chi connectivity index (χ1) is 8.60. The van der Waals surface area contributed by atoms with Crippen molar-refractivity contribution < 1.29 is 14.3 Å². The fourth-order valence-electron chi connectivity index (χ4n) is 1.72. The van der Waals surface area contributed by atoms with Crippen molar-refractivity contribution in [1.82, 2.24) is 10.3 Å². The van der Waals surface area contributed by atoms with Gasteiger partial charge in [-0.2, -0.15) is 0 Å². The third kappa shape index (κ3) is 3.83. The van der Waals surface area contributed by atoms with Crippen LogP contribution < -0.4 is 11.3 Å². The summed E-state index contributed by atoms with van der Waals surface area (Å²) in [6, 6.07) is 1.90. The average Bonchev–Trinajstić information content (AvgIpc) is 2.81. The van der Waals surface area contributed by atoms with Gasteiger partial charge in [-0.1, -0.05) is 0 Å². The quantitative estimate of drug-likeness (QED) is 0.374. The molecule has 0 atom stereocenters. The fraction of sp³-hybridized carbons (Fsp3) is 0.583. The lowest BCUT2D eigenvalue weighted by molar-refractivity contribution is 0.0948. The van der Waals surface area contributed by atoms with Crippen molar-refractivity contribution in [2.45, 2.75) is 32.9 Å². The molecule has 0 aliphatic heterocycles. The predicted octanol–water partition coefficient (Wildman–Crippen LogP) is 0.476. The largest absolute Gasteiger partial charge is 0.467 e. The van der Waals surface area contributed by atoms with E-state index in [2.05, 4.69) is 24.2 Å². The lowest BCUT2D eigenvalue weighted by Gasteiger charge is -2.25. The molecule has 18 heavy (non-hydrogen) atoms. The third-order valence-electron chi connectivity index (χ3n) is 2.80. The van der Waals surface area contributed by atoms with E-state index in [0.29, 0.717) is 30.3 Å². The smallest absolute Gasteiger partial charge is 0.268 e. The minimum Gasteiger partial charge on any atom is -0.467 e. The van der Waals surface area contributed by atoms with Gasteiger partial charge in [0.15, 0.2) is 0 Å². The van der Waals surface area contributed by atoms with E-state index in [0.717, 1.165) is 6.54 Å². The van der Waals surface area contributed by atoms with Crippen molar-refractivity contribution in [2.75, 3.05) is 13.2 Å². The SMILES string of the molecule is CC(C)N(CCCO)Cc1occc1C(=O)NN. The minimum atomic E-state index is -0.357. The highest BCUT2D eigenvalue weighted by Gasteiger charge is 2.18. The summed E-state index contributed by atoms with van der Waals surface area (Å²) in [6.07, 6.45) is 2.17. The molecule has 1 aromatic heterocycles. The number of carbonyl (C=O) groups excluding carboxylic acids is 1. The molecule has 1 aromatic rings. The van der Waals surface area contributed by atoms with Crippen molar-refractivity contribution in [2.24, 2.45) is 5.84 Å². The maximum absolute atomic E-state index is 11.5. The lowest BCUT2D eigenvalue weighted by Crippen LogP contribution is -2.34. The molecular formula is C12H21N3O3. The van der Waals surface area contributed by atoms with Gasteiger partial charge in [-0.3, -0.25) is 15.1 Å². The minimum absolute atomic E-state index is 0.150. The molecule has 0 aliphatic rings. The van der Waals surface area contributed by atoms with Crippen LogP contribution in [0, 0.1) is 0 Å². The lowest BCUT2D eigenvalue weighted by atomic mass is 10.2. The number of nitrogens with zero attached hydrogens (tertiary/aromatic N) is 1. The molecule has 4 N–H and O–H groups in total. The van der Waals surface area contributed by atoms with Gasteiger partial charge in [-0.15, -0.1) is 0 Å². The van der Waals surface area contributed by atoms with Crippen molar-refractivity contribution in [3.63, 3.8) is 0 Å². The zero-order valence-corrected chi connectivity index (χ0v) is 10.8. The molecule has 1 amide bonds. The van der Waals surface area contributed by atoms with Gasteiger partial charge in [0.1, 0.15) is 5.76 Å². The topological polar surface area (TPSA) is 91.7 Å². The monoisotopic (exact) mass is 255 g/mol. The molecule has 6 nitrogen and oxygen atoms in total. The van der Waals surface area contributed by atoms with Crippen LogP contribution in [0.1, 0.15) is 36.4 Å². The summed E-state index contributed by atoms with van der Waals surface area (Å²) in [4.78, 5) is 13.6. The summed E-state index contributed by atoms with van der Waals surface area (Å²) in [5.74, 6) is 5.35. The number of nitrogen functional groups attached to an aromatic ring is 1. The van der Waals surface area contributed by atoms with Crippen molar-refractivity contribution in [3.8, 4) is 0 Å². The van der Waals surface area contributed by atoms with Crippen LogP contribution in [0.2, 0.25) is 0 Å². The van der Waals surface area contributed by atoms with Gasteiger partial charge in [0.2, 0.25) is 0 Å². The molecule has 102 valence electrons. The Bertz CT molecular complexity index is 376. The zero-order valence-electron chi connectivity index (χ0n) is 10.8. The van der Waals surface area contributed by atoms with E-state index in [9.17, 15) is 4.79 Å². The maximum Gasteiger partial charge on any atom is 0.268 e. The van der Waals surface area contributed by atoms with E-state index in [1.165, 1.54) is 6.26 Å². The molecular weight excluding hydrogens is 234 g/mol. The van der Waals surface area contributed by atoms with E-state index < -0.39 is 0 Å². The molecule has 0 fully saturated rings. The van der Waals surface area contributed by atoms with Crippen molar-refractivity contribution >= 4 is 5.91 Å². The number of aliphatic hydroxyl groups is 1. The second-order valence-corrected chi connectivity index (χ2v) is 4.37. The van der Waals surface area contributed by atoms with Crippen LogP contribution >= 0.6 is 0 Å². The van der Waals surface area contributed by atoms with Crippen LogP contribution in [-0.4, -0.2) is 35.1 Å². The molecule has 0 bridgehead atoms. The predicted molar refractivity (Wildman–Crippen MR) is 67.6 cm³/mol. The van der Waals surface area contributed by atoms with Gasteiger partial charge >= 0.3 is 0 Å². The highest BCUT2D eigenvalue weighted by molar-refractivity contribution is 5.94. The number of carbonyl (C=O) groups is 1. The van der Waals surface area contributed by atoms with Crippen LogP contribution in [-0.2, 0) is 6.54 Å². The third-order valence-corrected chi connectivity index (χ3v) is 2.80. The summed E-state index contributed by atoms with van der Waals surface area (Å²) in [6.45, 7) is 5.54. The number of hydrogen-bond donors (Lipinski definition) is 3. The summed E-state index contributed by atoms with van der Waals surface area (Å²) in [7, 11) is 0. The van der Waals surface area contributed by atoms with Crippen LogP contribution in [0.15, 0.2) is 16.7 Å². The Kier molecular flexibility index (Phi) is 5.84. The molecule has 0 saturated heterocycles. The van der Waals surface area contributed by atoms with Crippen LogP contribution in [0.25, 0.3) is 0 Å². The Morgan fingerprint density at radius 3 is 2.89 bits per heavy atom. The molecule has 0 aliphatic carbocycles. The molecule has 0 saturated carbocycles. The van der Waals surface area contributed by atoms with Gasteiger partial charge in [0.25, 0.3) is 5.91 Å². The number of hydrazine groups is 1. The highest BCUT2D eigenvalue weighted by Crippen LogP contribution is 2.15. The Morgan fingerprint density at radius 2 is 2.33 bits per heavy atom. The number of nitrogens with two attached hydrogens (primary N) is 1.